The first-order valence-electron chi connectivity index (χ1n) is 14.4. The van der Waals surface area contributed by atoms with E-state index in [1.165, 1.54) is 23.1 Å². The molecule has 2 amide bonds. The molecule has 216 valence electrons. The van der Waals surface area contributed by atoms with Crippen LogP contribution in [0.25, 0.3) is 11.1 Å². The Morgan fingerprint density at radius 2 is 1.78 bits per heavy atom. The van der Waals surface area contributed by atoms with E-state index < -0.39 is 18.0 Å². The van der Waals surface area contributed by atoms with Crippen molar-refractivity contribution in [1.82, 2.24) is 15.2 Å². The predicted molar refractivity (Wildman–Crippen MR) is 161 cm³/mol. The minimum Gasteiger partial charge on any atom is -0.449 e. The van der Waals surface area contributed by atoms with Crippen molar-refractivity contribution in [2.75, 3.05) is 25.5 Å². The highest BCUT2D eigenvalue weighted by Gasteiger charge is 2.31. The fourth-order valence-corrected chi connectivity index (χ4v) is 7.00. The molecule has 41 heavy (non-hydrogen) atoms. The van der Waals surface area contributed by atoms with Crippen LogP contribution in [0, 0.1) is 0 Å². The Bertz CT molecular complexity index is 1370. The van der Waals surface area contributed by atoms with Crippen LogP contribution in [0.2, 0.25) is 0 Å². The number of hydrogen-bond acceptors (Lipinski definition) is 7. The topological polar surface area (TPSA) is 101 Å². The molecular formula is C32H38N4O4S. The van der Waals surface area contributed by atoms with Gasteiger partial charge in [-0.15, -0.1) is 11.3 Å². The van der Waals surface area contributed by atoms with Crippen LogP contribution in [0.3, 0.4) is 0 Å². The number of thiazole rings is 1. The molecule has 2 aromatic carbocycles. The molecule has 0 radical (unpaired) electrons. The zero-order valence-corrected chi connectivity index (χ0v) is 24.8. The van der Waals surface area contributed by atoms with Crippen molar-refractivity contribution in [2.45, 2.75) is 70.4 Å². The zero-order chi connectivity index (χ0) is 28.9. The van der Waals surface area contributed by atoms with Gasteiger partial charge in [0.25, 0.3) is 0 Å². The molecule has 0 saturated heterocycles. The molecule has 3 aromatic rings. The van der Waals surface area contributed by atoms with Crippen molar-refractivity contribution in [3.05, 3.63) is 70.2 Å². The number of fused-ring (bicyclic) bond motifs is 4. The van der Waals surface area contributed by atoms with Crippen LogP contribution in [0.15, 0.2) is 48.5 Å². The number of ketones is 1. The Balaban J connectivity index is 1.22. The van der Waals surface area contributed by atoms with Gasteiger partial charge in [0, 0.05) is 23.3 Å². The summed E-state index contributed by atoms with van der Waals surface area (Å²) < 4.78 is 5.67. The van der Waals surface area contributed by atoms with Crippen LogP contribution in [0.5, 0.6) is 0 Å². The van der Waals surface area contributed by atoms with E-state index in [0.717, 1.165) is 60.2 Å². The van der Waals surface area contributed by atoms with E-state index in [-0.39, 0.29) is 31.1 Å². The summed E-state index contributed by atoms with van der Waals surface area (Å²) in [7, 11) is 2.16. The van der Waals surface area contributed by atoms with E-state index in [1.807, 2.05) is 24.3 Å². The molecule has 5 rings (SSSR count). The van der Waals surface area contributed by atoms with Gasteiger partial charge in [0.1, 0.15) is 18.4 Å². The summed E-state index contributed by atoms with van der Waals surface area (Å²) in [4.78, 5) is 46.2. The Morgan fingerprint density at radius 3 is 2.44 bits per heavy atom. The first kappa shape index (κ1) is 29.0. The van der Waals surface area contributed by atoms with Gasteiger partial charge in [0.05, 0.1) is 5.69 Å². The Hall–Kier alpha value is -3.56. The SMILES string of the molecule is CCCN(C)[C@H]1CCc2nc(NC(=O)[C@H](CCC(C)=O)NC(=O)OCC3c4ccccc4-c4ccccc43)sc2C1. The second kappa shape index (κ2) is 13.0. The summed E-state index contributed by atoms with van der Waals surface area (Å²) in [6.07, 6.45) is 3.63. The monoisotopic (exact) mass is 574 g/mol. The van der Waals surface area contributed by atoms with Crippen LogP contribution < -0.4 is 10.6 Å². The number of likely N-dealkylation sites (N-methyl/N-ethyl adjacent to an activating group) is 1. The first-order valence-corrected chi connectivity index (χ1v) is 15.3. The second-order valence-corrected chi connectivity index (χ2v) is 12.1. The number of Topliss-reactive ketones (excluding diaryl/α,β-unsaturated/α-hetero) is 1. The number of amides is 2. The van der Waals surface area contributed by atoms with Crippen LogP contribution in [0.1, 0.15) is 67.1 Å². The van der Waals surface area contributed by atoms with Crippen molar-refractivity contribution < 1.29 is 19.1 Å². The van der Waals surface area contributed by atoms with E-state index in [0.29, 0.717) is 11.2 Å². The normalized spacial score (nSPS) is 16.4. The van der Waals surface area contributed by atoms with Crippen molar-refractivity contribution in [3.8, 4) is 11.1 Å². The lowest BCUT2D eigenvalue weighted by molar-refractivity contribution is -0.119. The first-order chi connectivity index (χ1) is 19.8. The van der Waals surface area contributed by atoms with Gasteiger partial charge in [0.15, 0.2) is 5.13 Å². The molecule has 2 N–H and O–H groups in total. The highest BCUT2D eigenvalue weighted by molar-refractivity contribution is 7.15. The maximum absolute atomic E-state index is 13.3. The number of nitrogens with zero attached hydrogens (tertiary/aromatic N) is 2. The third-order valence-corrected chi connectivity index (χ3v) is 9.12. The van der Waals surface area contributed by atoms with Gasteiger partial charge >= 0.3 is 6.09 Å². The van der Waals surface area contributed by atoms with Crippen LogP contribution >= 0.6 is 11.3 Å². The molecule has 2 aliphatic rings. The van der Waals surface area contributed by atoms with E-state index in [4.69, 9.17) is 4.74 Å². The van der Waals surface area contributed by atoms with Crippen molar-refractivity contribution in [2.24, 2.45) is 0 Å². The molecule has 0 fully saturated rings. The van der Waals surface area contributed by atoms with Gasteiger partial charge in [-0.05, 0) is 74.9 Å². The maximum Gasteiger partial charge on any atom is 0.407 e. The minimum absolute atomic E-state index is 0.0518. The molecule has 9 heteroatoms. The summed E-state index contributed by atoms with van der Waals surface area (Å²) in [6.45, 7) is 4.86. The predicted octanol–water partition coefficient (Wildman–Crippen LogP) is 5.56. The van der Waals surface area contributed by atoms with E-state index in [9.17, 15) is 14.4 Å². The lowest BCUT2D eigenvalue weighted by Crippen LogP contribution is -2.44. The van der Waals surface area contributed by atoms with E-state index >= 15 is 0 Å². The fourth-order valence-electron chi connectivity index (χ4n) is 5.91. The molecule has 8 nitrogen and oxygen atoms in total. The van der Waals surface area contributed by atoms with Gasteiger partial charge < -0.3 is 25.1 Å². The second-order valence-electron chi connectivity index (χ2n) is 11.0. The zero-order valence-electron chi connectivity index (χ0n) is 23.9. The molecule has 0 unspecified atom stereocenters. The van der Waals surface area contributed by atoms with Crippen LogP contribution in [0.4, 0.5) is 9.93 Å². The van der Waals surface area contributed by atoms with Gasteiger partial charge in [-0.1, -0.05) is 55.5 Å². The Morgan fingerprint density at radius 1 is 1.10 bits per heavy atom. The van der Waals surface area contributed by atoms with Gasteiger partial charge in [-0.25, -0.2) is 9.78 Å². The maximum atomic E-state index is 13.3. The van der Waals surface area contributed by atoms with E-state index in [1.54, 1.807) is 0 Å². The molecule has 0 aliphatic heterocycles. The van der Waals surface area contributed by atoms with Crippen molar-refractivity contribution in [1.29, 1.82) is 0 Å². The molecule has 0 spiro atoms. The third kappa shape index (κ3) is 6.68. The highest BCUT2D eigenvalue weighted by atomic mass is 32.1. The smallest absolute Gasteiger partial charge is 0.407 e. The Kier molecular flexibility index (Phi) is 9.15. The molecule has 1 aromatic heterocycles. The number of carbonyl (C=O) groups excluding carboxylic acids is 3. The third-order valence-electron chi connectivity index (χ3n) is 8.08. The van der Waals surface area contributed by atoms with Crippen LogP contribution in [-0.2, 0) is 27.2 Å². The standard InChI is InChI=1S/C32H38N4O4S/c1-4-17-36(3)21-14-16-27-29(18-21)41-31(33-27)35-30(38)28(15-13-20(2)37)34-32(39)40-19-26-24-11-7-5-9-22(24)23-10-6-8-12-25(23)26/h5-12,21,26,28H,4,13-19H2,1-3H3,(H,34,39)(H,33,35,38)/t21-,28-/m0/s1. The summed E-state index contributed by atoms with van der Waals surface area (Å²) >= 11 is 1.50. The Labute approximate surface area is 245 Å². The average molecular weight is 575 g/mol. The number of ether oxygens (including phenoxy) is 1. The molecule has 1 heterocycles. The number of alkyl carbamates (subject to hydrolysis) is 1. The number of rotatable bonds is 11. The van der Waals surface area contributed by atoms with Crippen molar-refractivity contribution in [3.63, 3.8) is 0 Å². The van der Waals surface area contributed by atoms with Gasteiger partial charge in [-0.2, -0.15) is 0 Å². The number of nitrogens with one attached hydrogen (secondary N) is 2. The number of hydrogen-bond donors (Lipinski definition) is 2. The highest BCUT2D eigenvalue weighted by Crippen LogP contribution is 2.44. The summed E-state index contributed by atoms with van der Waals surface area (Å²) in [6, 6.07) is 15.8. The minimum atomic E-state index is -0.918. The van der Waals surface area contributed by atoms with Gasteiger partial charge in [0.2, 0.25) is 5.91 Å². The molecule has 2 aliphatic carbocycles. The fraction of sp³-hybridized carbons (Fsp3) is 0.438. The number of benzene rings is 2. The number of carbonyl (C=O) groups is 3. The van der Waals surface area contributed by atoms with Crippen LogP contribution in [-0.4, -0.2) is 60.0 Å². The molecule has 0 saturated carbocycles. The summed E-state index contributed by atoms with van der Waals surface area (Å²) in [5, 5.41) is 6.13. The molecular weight excluding hydrogens is 536 g/mol. The summed E-state index contributed by atoms with van der Waals surface area (Å²) in [5.74, 6) is -0.533. The largest absolute Gasteiger partial charge is 0.449 e. The van der Waals surface area contributed by atoms with Gasteiger partial charge in [-0.3, -0.25) is 4.79 Å². The number of anilines is 1. The van der Waals surface area contributed by atoms with E-state index in [2.05, 4.69) is 58.8 Å². The quantitative estimate of drug-likeness (QED) is 0.311. The molecule has 2 atom stereocenters. The number of aryl methyl sites for hydroxylation is 1. The lowest BCUT2D eigenvalue weighted by Gasteiger charge is -2.30. The average Bonchev–Trinajstić information content (AvgIpc) is 3.51. The lowest BCUT2D eigenvalue weighted by atomic mass is 9.96. The van der Waals surface area contributed by atoms with Crippen molar-refractivity contribution >= 4 is 34.3 Å². The summed E-state index contributed by atoms with van der Waals surface area (Å²) in [5.41, 5.74) is 5.55. The number of aromatic nitrogens is 1. The molecule has 0 bridgehead atoms.